The molecule has 10 heteroatoms. The summed E-state index contributed by atoms with van der Waals surface area (Å²) in [5, 5.41) is 2.73. The lowest BCUT2D eigenvalue weighted by Gasteiger charge is -2.12. The summed E-state index contributed by atoms with van der Waals surface area (Å²) in [7, 11) is -0.740. The molecule has 152 valence electrons. The van der Waals surface area contributed by atoms with Crippen LogP contribution in [0.1, 0.15) is 0 Å². The van der Waals surface area contributed by atoms with Crippen molar-refractivity contribution in [3.63, 3.8) is 0 Å². The third-order valence-electron chi connectivity index (χ3n) is 3.55. The van der Waals surface area contributed by atoms with E-state index in [-0.39, 0.29) is 35.4 Å². The maximum absolute atomic E-state index is 12.2. The second kappa shape index (κ2) is 10.3. The number of halogens is 1. The minimum Gasteiger partial charge on any atom is -0.495 e. The zero-order chi connectivity index (χ0) is 20.6. The van der Waals surface area contributed by atoms with Crippen molar-refractivity contribution in [2.24, 2.45) is 0 Å². The van der Waals surface area contributed by atoms with Crippen molar-refractivity contribution in [3.8, 4) is 11.5 Å². The van der Waals surface area contributed by atoms with Gasteiger partial charge in [0.25, 0.3) is 5.91 Å². The third-order valence-corrected chi connectivity index (χ3v) is 5.31. The Morgan fingerprint density at radius 2 is 1.86 bits per heavy atom. The zero-order valence-corrected chi connectivity index (χ0v) is 17.0. The second-order valence-corrected chi connectivity index (χ2v) is 7.69. The zero-order valence-electron chi connectivity index (χ0n) is 15.4. The number of ether oxygens (including phenoxy) is 3. The summed E-state index contributed by atoms with van der Waals surface area (Å²) in [6, 6.07) is 10.9. The van der Waals surface area contributed by atoms with E-state index in [0.29, 0.717) is 11.4 Å². The summed E-state index contributed by atoms with van der Waals surface area (Å²) in [5.74, 6) is 0.288. The fourth-order valence-corrected chi connectivity index (χ4v) is 3.54. The van der Waals surface area contributed by atoms with E-state index >= 15 is 0 Å². The lowest BCUT2D eigenvalue weighted by molar-refractivity contribution is -0.118. The number of carbonyl (C=O) groups excluding carboxylic acids is 1. The first-order valence-electron chi connectivity index (χ1n) is 8.21. The largest absolute Gasteiger partial charge is 0.495 e. The molecule has 8 nitrogen and oxygen atoms in total. The summed E-state index contributed by atoms with van der Waals surface area (Å²) in [6.45, 7) is 0.0727. The molecule has 2 aromatic rings. The van der Waals surface area contributed by atoms with Gasteiger partial charge in [0.2, 0.25) is 10.0 Å². The molecule has 0 saturated carbocycles. The number of rotatable bonds is 10. The minimum absolute atomic E-state index is 0.0144. The number of hydrogen-bond acceptors (Lipinski definition) is 6. The normalized spacial score (nSPS) is 11.1. The highest BCUT2D eigenvalue weighted by Gasteiger charge is 2.16. The van der Waals surface area contributed by atoms with Gasteiger partial charge >= 0.3 is 0 Å². The van der Waals surface area contributed by atoms with Gasteiger partial charge in [0, 0.05) is 13.7 Å². The number of nitrogens with one attached hydrogen (secondary N) is 2. The highest BCUT2D eigenvalue weighted by Crippen LogP contribution is 2.27. The molecule has 0 spiro atoms. The van der Waals surface area contributed by atoms with Gasteiger partial charge in [-0.1, -0.05) is 23.7 Å². The number of methoxy groups -OCH3 is 2. The Bertz CT molecular complexity index is 920. The lowest BCUT2D eigenvalue weighted by atomic mass is 10.3. The van der Waals surface area contributed by atoms with E-state index in [1.54, 1.807) is 24.3 Å². The molecule has 2 aromatic carbocycles. The Hall–Kier alpha value is -2.33. The van der Waals surface area contributed by atoms with E-state index < -0.39 is 15.9 Å². The molecule has 1 amide bonds. The standard InChI is InChI=1S/C18H21ClN2O6S/c1-25-10-9-20-28(23,24)13-7-8-16(14(19)11-13)27-12-18(22)21-15-5-3-4-6-17(15)26-2/h3-8,11,20H,9-10,12H2,1-2H3,(H,21,22). The van der Waals surface area contributed by atoms with E-state index in [9.17, 15) is 13.2 Å². The molecule has 0 aliphatic rings. The first kappa shape index (κ1) is 22.0. The Labute approximate surface area is 168 Å². The molecule has 28 heavy (non-hydrogen) atoms. The van der Waals surface area contributed by atoms with Crippen LogP contribution in [0.5, 0.6) is 11.5 Å². The van der Waals surface area contributed by atoms with Crippen LogP contribution >= 0.6 is 11.6 Å². The highest BCUT2D eigenvalue weighted by atomic mass is 35.5. The summed E-state index contributed by atoms with van der Waals surface area (Å²) in [6.07, 6.45) is 0. The van der Waals surface area contributed by atoms with Gasteiger partial charge in [0.15, 0.2) is 6.61 Å². The van der Waals surface area contributed by atoms with E-state index in [1.807, 2.05) is 0 Å². The minimum atomic E-state index is -3.71. The van der Waals surface area contributed by atoms with Gasteiger partial charge in [-0.15, -0.1) is 0 Å². The van der Waals surface area contributed by atoms with Crippen LogP contribution < -0.4 is 19.5 Å². The molecule has 2 rings (SSSR count). The Morgan fingerprint density at radius 3 is 2.54 bits per heavy atom. The Kier molecular flexibility index (Phi) is 8.06. The van der Waals surface area contributed by atoms with Crippen molar-refractivity contribution in [2.45, 2.75) is 4.90 Å². The maximum Gasteiger partial charge on any atom is 0.262 e. The quantitative estimate of drug-likeness (QED) is 0.563. The number of anilines is 1. The summed E-state index contributed by atoms with van der Waals surface area (Å²) in [4.78, 5) is 12.1. The third kappa shape index (κ3) is 6.10. The fourth-order valence-electron chi connectivity index (χ4n) is 2.20. The first-order chi connectivity index (χ1) is 13.4. The summed E-state index contributed by atoms with van der Waals surface area (Å²) >= 11 is 6.09. The predicted molar refractivity (Wildman–Crippen MR) is 106 cm³/mol. The van der Waals surface area contributed by atoms with Gasteiger partial charge in [-0.3, -0.25) is 4.79 Å². The summed E-state index contributed by atoms with van der Waals surface area (Å²) < 4.78 is 42.1. The van der Waals surface area contributed by atoms with Crippen LogP contribution in [0.4, 0.5) is 5.69 Å². The van der Waals surface area contributed by atoms with Gasteiger partial charge in [0.1, 0.15) is 11.5 Å². The molecule has 0 aliphatic heterocycles. The van der Waals surface area contributed by atoms with Crippen molar-refractivity contribution < 1.29 is 27.4 Å². The Morgan fingerprint density at radius 1 is 1.11 bits per heavy atom. The molecule has 0 saturated heterocycles. The van der Waals surface area contributed by atoms with E-state index in [2.05, 4.69) is 10.0 Å². The van der Waals surface area contributed by atoms with E-state index in [4.69, 9.17) is 25.8 Å². The fraction of sp³-hybridized carbons (Fsp3) is 0.278. The average molecular weight is 429 g/mol. The molecule has 0 heterocycles. The molecule has 2 N–H and O–H groups in total. The number of carbonyl (C=O) groups is 1. The van der Waals surface area contributed by atoms with Gasteiger partial charge in [0.05, 0.1) is 29.3 Å². The molecule has 0 unspecified atom stereocenters. The molecular weight excluding hydrogens is 408 g/mol. The number of sulfonamides is 1. The van der Waals surface area contributed by atoms with Gasteiger partial charge < -0.3 is 19.5 Å². The molecule has 0 atom stereocenters. The van der Waals surface area contributed by atoms with E-state index in [1.165, 1.54) is 32.4 Å². The molecule has 0 bridgehead atoms. The van der Waals surface area contributed by atoms with Crippen LogP contribution in [0, 0.1) is 0 Å². The lowest BCUT2D eigenvalue weighted by Crippen LogP contribution is -2.27. The van der Waals surface area contributed by atoms with Crippen LogP contribution in [0.2, 0.25) is 5.02 Å². The average Bonchev–Trinajstić information content (AvgIpc) is 2.67. The number of para-hydroxylation sites is 2. The van der Waals surface area contributed by atoms with Crippen molar-refractivity contribution in [3.05, 3.63) is 47.5 Å². The SMILES string of the molecule is COCCNS(=O)(=O)c1ccc(OCC(=O)Nc2ccccc2OC)c(Cl)c1. The molecule has 0 radical (unpaired) electrons. The number of hydrogen-bond donors (Lipinski definition) is 2. The van der Waals surface area contributed by atoms with Crippen LogP contribution in [-0.4, -0.2) is 48.3 Å². The van der Waals surface area contributed by atoms with Gasteiger partial charge in [-0.05, 0) is 30.3 Å². The van der Waals surface area contributed by atoms with Gasteiger partial charge in [-0.25, -0.2) is 13.1 Å². The van der Waals surface area contributed by atoms with Crippen LogP contribution in [0.25, 0.3) is 0 Å². The van der Waals surface area contributed by atoms with Crippen molar-refractivity contribution in [1.29, 1.82) is 0 Å². The molecule has 0 fully saturated rings. The van der Waals surface area contributed by atoms with Crippen molar-refractivity contribution in [1.82, 2.24) is 4.72 Å². The smallest absolute Gasteiger partial charge is 0.262 e. The van der Waals surface area contributed by atoms with Crippen LogP contribution in [-0.2, 0) is 19.6 Å². The Balaban J connectivity index is 1.98. The van der Waals surface area contributed by atoms with Crippen LogP contribution in [0.15, 0.2) is 47.4 Å². The van der Waals surface area contributed by atoms with Gasteiger partial charge in [-0.2, -0.15) is 0 Å². The van der Waals surface area contributed by atoms with Crippen LogP contribution in [0.3, 0.4) is 0 Å². The molecule has 0 aliphatic carbocycles. The molecular formula is C18H21ClN2O6S. The molecule has 0 aromatic heterocycles. The van der Waals surface area contributed by atoms with Crippen molar-refractivity contribution >= 4 is 33.2 Å². The summed E-state index contributed by atoms with van der Waals surface area (Å²) in [5.41, 5.74) is 0.508. The monoisotopic (exact) mass is 428 g/mol. The van der Waals surface area contributed by atoms with Crippen molar-refractivity contribution in [2.75, 3.05) is 39.3 Å². The predicted octanol–water partition coefficient (Wildman–Crippen LogP) is 2.29. The second-order valence-electron chi connectivity index (χ2n) is 5.52. The number of amides is 1. The maximum atomic E-state index is 12.2. The number of benzene rings is 2. The van der Waals surface area contributed by atoms with E-state index in [0.717, 1.165) is 0 Å². The highest BCUT2D eigenvalue weighted by molar-refractivity contribution is 7.89. The first-order valence-corrected chi connectivity index (χ1v) is 10.1. The topological polar surface area (TPSA) is 103 Å².